The van der Waals surface area contributed by atoms with E-state index in [-0.39, 0.29) is 18.0 Å². The number of hydrogen-bond donors (Lipinski definition) is 0. The van der Waals surface area contributed by atoms with E-state index in [1.807, 2.05) is 6.07 Å². The number of ether oxygens (including phenoxy) is 1. The van der Waals surface area contributed by atoms with Crippen LogP contribution in [0.5, 0.6) is 5.88 Å². The number of benzene rings is 1. The zero-order valence-corrected chi connectivity index (χ0v) is 15.6. The molecule has 4 aromatic rings. The van der Waals surface area contributed by atoms with Gasteiger partial charge in [-0.15, -0.1) is 15.3 Å². The Hall–Kier alpha value is -3.43. The van der Waals surface area contributed by atoms with Gasteiger partial charge in [0, 0.05) is 12.6 Å². The van der Waals surface area contributed by atoms with Crippen LogP contribution in [0.1, 0.15) is 36.6 Å². The monoisotopic (exact) mass is 397 g/mol. The minimum atomic E-state index is -0.992. The van der Waals surface area contributed by atoms with Gasteiger partial charge < -0.3 is 4.74 Å². The highest BCUT2D eigenvalue weighted by Gasteiger charge is 2.27. The van der Waals surface area contributed by atoms with Crippen LogP contribution in [-0.4, -0.2) is 34.6 Å². The molecular formula is C19H17F2N7O. The molecule has 1 saturated carbocycles. The molecule has 3 aromatic heterocycles. The smallest absolute Gasteiger partial charge is 0.235 e. The van der Waals surface area contributed by atoms with Crippen molar-refractivity contribution in [3.63, 3.8) is 0 Å². The van der Waals surface area contributed by atoms with E-state index < -0.39 is 11.6 Å². The highest BCUT2D eigenvalue weighted by Crippen LogP contribution is 2.40. The topological polar surface area (TPSA) is 83.0 Å². The van der Waals surface area contributed by atoms with Crippen molar-refractivity contribution in [3.05, 3.63) is 53.6 Å². The van der Waals surface area contributed by atoms with Crippen LogP contribution in [0.25, 0.3) is 17.0 Å². The van der Waals surface area contributed by atoms with Crippen molar-refractivity contribution >= 4 is 5.65 Å². The van der Waals surface area contributed by atoms with Crippen LogP contribution in [0.4, 0.5) is 8.78 Å². The average molecular weight is 397 g/mol. The fourth-order valence-corrected chi connectivity index (χ4v) is 3.38. The summed E-state index contributed by atoms with van der Waals surface area (Å²) in [6.45, 7) is 0.181. The van der Waals surface area contributed by atoms with E-state index in [1.165, 1.54) is 23.0 Å². The maximum atomic E-state index is 14.3. The van der Waals surface area contributed by atoms with Crippen molar-refractivity contribution in [1.29, 1.82) is 0 Å². The molecule has 1 aliphatic rings. The number of halogens is 2. The van der Waals surface area contributed by atoms with E-state index in [9.17, 15) is 8.78 Å². The molecule has 8 nitrogen and oxygen atoms in total. The molecule has 0 spiro atoms. The van der Waals surface area contributed by atoms with Crippen molar-refractivity contribution in [2.24, 2.45) is 7.05 Å². The van der Waals surface area contributed by atoms with Gasteiger partial charge in [0.15, 0.2) is 28.9 Å². The lowest BCUT2D eigenvalue weighted by atomic mass is 9.80. The first-order chi connectivity index (χ1) is 14.1. The Balaban J connectivity index is 1.59. The summed E-state index contributed by atoms with van der Waals surface area (Å²) in [6, 6.07) is 5.77. The molecule has 10 heteroatoms. The van der Waals surface area contributed by atoms with Crippen molar-refractivity contribution in [2.75, 3.05) is 0 Å². The summed E-state index contributed by atoms with van der Waals surface area (Å²) in [7, 11) is 1.78. The molecule has 1 aliphatic carbocycles. The summed E-state index contributed by atoms with van der Waals surface area (Å²) >= 11 is 0. The average Bonchev–Trinajstić information content (AvgIpc) is 3.26. The van der Waals surface area contributed by atoms with Gasteiger partial charge in [-0.3, -0.25) is 4.68 Å². The number of fused-ring (bicyclic) bond motifs is 1. The zero-order valence-electron chi connectivity index (χ0n) is 15.6. The van der Waals surface area contributed by atoms with Gasteiger partial charge in [-0.1, -0.05) is 12.5 Å². The Morgan fingerprint density at radius 1 is 1.21 bits per heavy atom. The molecule has 29 heavy (non-hydrogen) atoms. The van der Waals surface area contributed by atoms with Crippen molar-refractivity contribution in [1.82, 2.24) is 34.6 Å². The van der Waals surface area contributed by atoms with Gasteiger partial charge >= 0.3 is 0 Å². The largest absolute Gasteiger partial charge is 0.468 e. The molecular weight excluding hydrogens is 380 g/mol. The molecule has 0 atom stereocenters. The molecule has 3 heterocycles. The second-order valence-corrected chi connectivity index (χ2v) is 7.02. The SMILES string of the molecule is Cn1ncnc1COc1nn2c(-c3cccc(F)c3F)nnc2cc1C1CCC1. The summed E-state index contributed by atoms with van der Waals surface area (Å²) < 4.78 is 37.0. The first kappa shape index (κ1) is 17.7. The highest BCUT2D eigenvalue weighted by atomic mass is 19.2. The first-order valence-electron chi connectivity index (χ1n) is 9.28. The molecule has 1 aromatic carbocycles. The lowest BCUT2D eigenvalue weighted by Gasteiger charge is -2.26. The molecule has 0 N–H and O–H groups in total. The highest BCUT2D eigenvalue weighted by molar-refractivity contribution is 5.60. The van der Waals surface area contributed by atoms with Crippen molar-refractivity contribution in [3.8, 4) is 17.3 Å². The van der Waals surface area contributed by atoms with Crippen LogP contribution in [-0.2, 0) is 13.7 Å². The summed E-state index contributed by atoms with van der Waals surface area (Å²) in [5.41, 5.74) is 1.38. The first-order valence-corrected chi connectivity index (χ1v) is 9.28. The number of nitrogens with zero attached hydrogens (tertiary/aromatic N) is 7. The Labute approximate surface area is 164 Å². The third kappa shape index (κ3) is 3.00. The van der Waals surface area contributed by atoms with E-state index in [1.54, 1.807) is 11.7 Å². The fourth-order valence-electron chi connectivity index (χ4n) is 3.38. The number of aryl methyl sites for hydroxylation is 1. The summed E-state index contributed by atoms with van der Waals surface area (Å²) in [4.78, 5) is 4.15. The van der Waals surface area contributed by atoms with Crippen LogP contribution in [0, 0.1) is 11.6 Å². The van der Waals surface area contributed by atoms with Crippen LogP contribution in [0.3, 0.4) is 0 Å². The minimum absolute atomic E-state index is 0.0133. The third-order valence-electron chi connectivity index (χ3n) is 5.27. The van der Waals surface area contributed by atoms with Gasteiger partial charge in [-0.25, -0.2) is 13.8 Å². The number of aromatic nitrogens is 7. The van der Waals surface area contributed by atoms with Gasteiger partial charge in [-0.05, 0) is 37.0 Å². The Bertz CT molecular complexity index is 1200. The Morgan fingerprint density at radius 3 is 2.79 bits per heavy atom. The van der Waals surface area contributed by atoms with E-state index in [2.05, 4.69) is 25.4 Å². The quantitative estimate of drug-likeness (QED) is 0.515. The molecule has 0 amide bonds. The maximum Gasteiger partial charge on any atom is 0.235 e. The Kier molecular flexibility index (Phi) is 4.18. The predicted octanol–water partition coefficient (Wildman–Crippen LogP) is 3.04. The molecule has 0 radical (unpaired) electrons. The van der Waals surface area contributed by atoms with Crippen molar-refractivity contribution in [2.45, 2.75) is 31.8 Å². The number of rotatable bonds is 5. The van der Waals surface area contributed by atoms with Crippen LogP contribution < -0.4 is 4.74 Å². The third-order valence-corrected chi connectivity index (χ3v) is 5.27. The molecule has 0 aliphatic heterocycles. The van der Waals surface area contributed by atoms with Gasteiger partial charge in [0.05, 0.1) is 5.56 Å². The second-order valence-electron chi connectivity index (χ2n) is 7.02. The molecule has 0 saturated heterocycles. The van der Waals surface area contributed by atoms with E-state index in [0.717, 1.165) is 30.9 Å². The number of hydrogen-bond acceptors (Lipinski definition) is 6. The van der Waals surface area contributed by atoms with E-state index >= 15 is 0 Å². The minimum Gasteiger partial charge on any atom is -0.468 e. The molecule has 5 rings (SSSR count). The van der Waals surface area contributed by atoms with Gasteiger partial charge in [0.25, 0.3) is 0 Å². The lowest BCUT2D eigenvalue weighted by Crippen LogP contribution is -2.14. The standard InChI is InChI=1S/C19H17F2N7O/c1-27-16(22-10-23-27)9-29-19-13(11-4-2-5-11)8-15-24-25-18(28(15)26-19)12-6-3-7-14(20)17(12)21/h3,6-8,10-11H,2,4-5,9H2,1H3. The molecule has 1 fully saturated rings. The summed E-state index contributed by atoms with van der Waals surface area (Å²) in [5, 5.41) is 16.7. The second kappa shape index (κ2) is 6.87. The van der Waals surface area contributed by atoms with Crippen molar-refractivity contribution < 1.29 is 13.5 Å². The summed E-state index contributed by atoms with van der Waals surface area (Å²) in [5.74, 6) is -0.458. The van der Waals surface area contributed by atoms with Crippen LogP contribution in [0.15, 0.2) is 30.6 Å². The predicted molar refractivity (Wildman–Crippen MR) is 98.1 cm³/mol. The summed E-state index contributed by atoms with van der Waals surface area (Å²) in [6.07, 6.45) is 4.67. The van der Waals surface area contributed by atoms with Gasteiger partial charge in [0.2, 0.25) is 5.88 Å². The molecule has 0 unspecified atom stereocenters. The normalized spacial score (nSPS) is 14.3. The van der Waals surface area contributed by atoms with Gasteiger partial charge in [0.1, 0.15) is 12.9 Å². The lowest BCUT2D eigenvalue weighted by molar-refractivity contribution is 0.263. The van der Waals surface area contributed by atoms with Gasteiger partial charge in [-0.2, -0.15) is 9.61 Å². The van der Waals surface area contributed by atoms with Crippen LogP contribution in [0.2, 0.25) is 0 Å². The van der Waals surface area contributed by atoms with E-state index in [4.69, 9.17) is 4.74 Å². The Morgan fingerprint density at radius 2 is 2.07 bits per heavy atom. The maximum absolute atomic E-state index is 14.3. The van der Waals surface area contributed by atoms with E-state index in [0.29, 0.717) is 23.3 Å². The fraction of sp³-hybridized carbons (Fsp3) is 0.316. The molecule has 0 bridgehead atoms. The van der Waals surface area contributed by atoms with Crippen LogP contribution >= 0.6 is 0 Å². The molecule has 148 valence electrons. The zero-order chi connectivity index (χ0) is 20.0.